The number of hydrogen-bond donors (Lipinski definition) is 1. The largest absolute Gasteiger partial charge is 0.477 e. The summed E-state index contributed by atoms with van der Waals surface area (Å²) >= 11 is 0. The Balaban J connectivity index is 2.55. The van der Waals surface area contributed by atoms with Crippen LogP contribution in [0.4, 0.5) is 4.39 Å². The van der Waals surface area contributed by atoms with Crippen molar-refractivity contribution < 1.29 is 14.3 Å². The molecule has 0 aliphatic carbocycles. The number of aromatic carboxylic acids is 1. The molecule has 1 heterocycles. The number of aromatic nitrogens is 1. The second-order valence-electron chi connectivity index (χ2n) is 4.67. The monoisotopic (exact) mass is 261 g/mol. The van der Waals surface area contributed by atoms with Gasteiger partial charge < -0.3 is 9.67 Å². The van der Waals surface area contributed by atoms with E-state index in [9.17, 15) is 14.3 Å². The van der Waals surface area contributed by atoms with Crippen LogP contribution in [-0.4, -0.2) is 15.6 Å². The molecule has 0 saturated carbocycles. The lowest BCUT2D eigenvalue weighted by atomic mass is 10.1. The molecule has 0 unspecified atom stereocenters. The maximum Gasteiger partial charge on any atom is 0.352 e. The molecule has 0 fully saturated rings. The number of carboxylic acid groups (broad SMARTS) is 1. The molecule has 19 heavy (non-hydrogen) atoms. The molecule has 100 valence electrons. The second kappa shape index (κ2) is 4.88. The second-order valence-corrected chi connectivity index (χ2v) is 4.67. The van der Waals surface area contributed by atoms with E-state index in [1.165, 1.54) is 6.07 Å². The average molecular weight is 261 g/mol. The first-order valence-electron chi connectivity index (χ1n) is 6.06. The number of carboxylic acids is 1. The molecule has 1 aromatic carbocycles. The van der Waals surface area contributed by atoms with Gasteiger partial charge in [-0.2, -0.15) is 0 Å². The minimum atomic E-state index is -0.981. The highest BCUT2D eigenvalue weighted by Gasteiger charge is 2.20. The van der Waals surface area contributed by atoms with Crippen molar-refractivity contribution in [1.82, 2.24) is 4.57 Å². The molecule has 0 atom stereocenters. The van der Waals surface area contributed by atoms with E-state index < -0.39 is 5.97 Å². The summed E-state index contributed by atoms with van der Waals surface area (Å²) in [5, 5.41) is 9.32. The molecule has 0 radical (unpaired) electrons. The zero-order valence-corrected chi connectivity index (χ0v) is 11.2. The third-order valence-electron chi connectivity index (χ3n) is 3.62. The predicted molar refractivity (Wildman–Crippen MR) is 71.1 cm³/mol. The van der Waals surface area contributed by atoms with Crippen LogP contribution in [-0.2, 0) is 6.54 Å². The lowest BCUT2D eigenvalue weighted by molar-refractivity contribution is 0.0684. The van der Waals surface area contributed by atoms with Gasteiger partial charge in [-0.3, -0.25) is 0 Å². The highest BCUT2D eigenvalue weighted by Crippen LogP contribution is 2.23. The van der Waals surface area contributed by atoms with Crippen molar-refractivity contribution in [2.24, 2.45) is 0 Å². The summed E-state index contributed by atoms with van der Waals surface area (Å²) in [6.45, 7) is 5.75. The quantitative estimate of drug-likeness (QED) is 0.921. The van der Waals surface area contributed by atoms with E-state index in [2.05, 4.69) is 0 Å². The number of nitrogens with zero attached hydrogens (tertiary/aromatic N) is 1. The van der Waals surface area contributed by atoms with Gasteiger partial charge in [-0.25, -0.2) is 9.18 Å². The average Bonchev–Trinajstić information content (AvgIpc) is 2.57. The molecule has 2 rings (SSSR count). The fourth-order valence-corrected chi connectivity index (χ4v) is 2.29. The fraction of sp³-hybridized carbons (Fsp3) is 0.267. The Kier molecular flexibility index (Phi) is 3.42. The number of hydrogen-bond acceptors (Lipinski definition) is 1. The minimum absolute atomic E-state index is 0.231. The van der Waals surface area contributed by atoms with Crippen LogP contribution in [0, 0.1) is 26.6 Å². The van der Waals surface area contributed by atoms with Gasteiger partial charge in [0.1, 0.15) is 11.5 Å². The van der Waals surface area contributed by atoms with E-state index >= 15 is 0 Å². The van der Waals surface area contributed by atoms with E-state index in [0.717, 1.165) is 16.8 Å². The first-order valence-corrected chi connectivity index (χ1v) is 6.06. The molecule has 3 nitrogen and oxygen atoms in total. The first-order chi connectivity index (χ1) is 8.93. The third kappa shape index (κ3) is 2.26. The van der Waals surface area contributed by atoms with Gasteiger partial charge in [-0.1, -0.05) is 18.2 Å². The standard InChI is InChI=1S/C15H16FNO2/c1-9-10(2)14(15(18)19)17(11(9)3)8-12-6-4-5-7-13(12)16/h4-7H,8H2,1-3H3,(H,18,19). The van der Waals surface area contributed by atoms with Crippen LogP contribution >= 0.6 is 0 Å². The number of carbonyl (C=O) groups is 1. The minimum Gasteiger partial charge on any atom is -0.477 e. The van der Waals surface area contributed by atoms with E-state index in [1.807, 2.05) is 13.8 Å². The smallest absolute Gasteiger partial charge is 0.352 e. The van der Waals surface area contributed by atoms with Crippen LogP contribution in [0.25, 0.3) is 0 Å². The SMILES string of the molecule is Cc1c(C)c(C(=O)O)n(Cc2ccccc2F)c1C. The number of rotatable bonds is 3. The summed E-state index contributed by atoms with van der Waals surface area (Å²) in [7, 11) is 0. The van der Waals surface area contributed by atoms with Gasteiger partial charge in [0, 0.05) is 11.3 Å². The maximum absolute atomic E-state index is 13.7. The van der Waals surface area contributed by atoms with E-state index in [4.69, 9.17) is 0 Å². The summed E-state index contributed by atoms with van der Waals surface area (Å²) in [6.07, 6.45) is 0. The van der Waals surface area contributed by atoms with E-state index in [0.29, 0.717) is 5.56 Å². The van der Waals surface area contributed by atoms with E-state index in [-0.39, 0.29) is 18.1 Å². The van der Waals surface area contributed by atoms with Crippen molar-refractivity contribution in [2.75, 3.05) is 0 Å². The highest BCUT2D eigenvalue weighted by atomic mass is 19.1. The maximum atomic E-state index is 13.7. The van der Waals surface area contributed by atoms with Crippen LogP contribution in [0.1, 0.15) is 32.9 Å². The Morgan fingerprint density at radius 1 is 1.21 bits per heavy atom. The van der Waals surface area contributed by atoms with Crippen LogP contribution in [0.5, 0.6) is 0 Å². The first kappa shape index (κ1) is 13.3. The Hall–Kier alpha value is -2.10. The summed E-state index contributed by atoms with van der Waals surface area (Å²) in [4.78, 5) is 11.4. The van der Waals surface area contributed by atoms with Gasteiger partial charge in [0.2, 0.25) is 0 Å². The Labute approximate surface area is 111 Å². The Morgan fingerprint density at radius 3 is 2.42 bits per heavy atom. The normalized spacial score (nSPS) is 10.7. The lowest BCUT2D eigenvalue weighted by Gasteiger charge is -2.10. The van der Waals surface area contributed by atoms with Crippen LogP contribution in [0.15, 0.2) is 24.3 Å². The number of halogens is 1. The topological polar surface area (TPSA) is 42.2 Å². The lowest BCUT2D eigenvalue weighted by Crippen LogP contribution is -2.12. The van der Waals surface area contributed by atoms with E-state index in [1.54, 1.807) is 29.7 Å². The summed E-state index contributed by atoms with van der Waals surface area (Å²) < 4.78 is 15.3. The van der Waals surface area contributed by atoms with Gasteiger partial charge in [0.05, 0.1) is 6.54 Å². The molecule has 0 bridgehead atoms. The van der Waals surface area contributed by atoms with Gasteiger partial charge in [-0.15, -0.1) is 0 Å². The Bertz CT molecular complexity index is 644. The molecule has 0 aliphatic heterocycles. The zero-order chi connectivity index (χ0) is 14.2. The van der Waals surface area contributed by atoms with Crippen LogP contribution < -0.4 is 0 Å². The van der Waals surface area contributed by atoms with Crippen LogP contribution in [0.2, 0.25) is 0 Å². The third-order valence-corrected chi connectivity index (χ3v) is 3.62. The van der Waals surface area contributed by atoms with Crippen LogP contribution in [0.3, 0.4) is 0 Å². The zero-order valence-electron chi connectivity index (χ0n) is 11.2. The van der Waals surface area contributed by atoms with Crippen molar-refractivity contribution in [1.29, 1.82) is 0 Å². The number of benzene rings is 1. The van der Waals surface area contributed by atoms with Crippen molar-refractivity contribution in [2.45, 2.75) is 27.3 Å². The van der Waals surface area contributed by atoms with Crippen molar-refractivity contribution >= 4 is 5.97 Å². The van der Waals surface area contributed by atoms with Crippen molar-refractivity contribution in [3.63, 3.8) is 0 Å². The van der Waals surface area contributed by atoms with Gasteiger partial charge in [0.25, 0.3) is 0 Å². The van der Waals surface area contributed by atoms with Crippen molar-refractivity contribution in [3.8, 4) is 0 Å². The van der Waals surface area contributed by atoms with Crippen molar-refractivity contribution in [3.05, 3.63) is 58.2 Å². The molecule has 0 saturated heterocycles. The highest BCUT2D eigenvalue weighted by molar-refractivity contribution is 5.88. The molecule has 0 spiro atoms. The molecule has 1 aromatic heterocycles. The fourth-order valence-electron chi connectivity index (χ4n) is 2.29. The molecular weight excluding hydrogens is 245 g/mol. The summed E-state index contributed by atoms with van der Waals surface area (Å²) in [6, 6.07) is 6.42. The summed E-state index contributed by atoms with van der Waals surface area (Å²) in [5.74, 6) is -1.30. The van der Waals surface area contributed by atoms with Gasteiger partial charge in [0.15, 0.2) is 0 Å². The molecule has 2 aromatic rings. The Morgan fingerprint density at radius 2 is 1.84 bits per heavy atom. The molecule has 4 heteroatoms. The molecular formula is C15H16FNO2. The van der Waals surface area contributed by atoms with Gasteiger partial charge >= 0.3 is 5.97 Å². The summed E-state index contributed by atoms with van der Waals surface area (Å²) in [5.41, 5.74) is 3.26. The molecule has 0 amide bonds. The van der Waals surface area contributed by atoms with Gasteiger partial charge in [-0.05, 0) is 38.0 Å². The predicted octanol–water partition coefficient (Wildman–Crippen LogP) is 3.30. The molecule has 0 aliphatic rings. The molecule has 1 N–H and O–H groups in total.